The van der Waals surface area contributed by atoms with Crippen LogP contribution in [0.4, 0.5) is 5.69 Å². The second kappa shape index (κ2) is 7.38. The van der Waals surface area contributed by atoms with Crippen LogP contribution in [-0.4, -0.2) is 26.6 Å². The smallest absolute Gasteiger partial charge is 0.272 e. The number of hydrogen-bond acceptors (Lipinski definition) is 5. The summed E-state index contributed by atoms with van der Waals surface area (Å²) < 4.78 is 7.53. The Morgan fingerprint density at radius 3 is 2.94 bits per heavy atom. The van der Waals surface area contributed by atoms with Crippen LogP contribution < -0.4 is 16.0 Å². The first-order chi connectivity index (χ1) is 15.1. The molecule has 0 radical (unpaired) electrons. The van der Waals surface area contributed by atoms with E-state index < -0.39 is 0 Å². The number of nitrogens with one attached hydrogen (secondary N) is 1. The zero-order valence-electron chi connectivity index (χ0n) is 17.0. The van der Waals surface area contributed by atoms with Crippen molar-refractivity contribution < 1.29 is 4.74 Å². The fourth-order valence-electron chi connectivity index (χ4n) is 4.26. The molecule has 3 N–H and O–H groups in total. The lowest BCUT2D eigenvalue weighted by atomic mass is 9.94. The number of benzene rings is 2. The van der Waals surface area contributed by atoms with Gasteiger partial charge in [0.15, 0.2) is 0 Å². The van der Waals surface area contributed by atoms with Gasteiger partial charge in [-0.1, -0.05) is 12.1 Å². The molecular formula is C23H20N6O2. The quantitative estimate of drug-likeness (QED) is 0.503. The monoisotopic (exact) mass is 412 g/mol. The largest absolute Gasteiger partial charge is 0.495 e. The summed E-state index contributed by atoms with van der Waals surface area (Å²) in [6.45, 7) is 8.72. The molecule has 5 rings (SSSR count). The summed E-state index contributed by atoms with van der Waals surface area (Å²) in [5, 5.41) is 12.3. The Balaban J connectivity index is 1.74. The second-order valence-corrected chi connectivity index (χ2v) is 7.50. The van der Waals surface area contributed by atoms with E-state index in [1.54, 1.807) is 16.9 Å². The third kappa shape index (κ3) is 2.98. The normalized spacial score (nSPS) is 12.9. The van der Waals surface area contributed by atoms with Crippen molar-refractivity contribution in [1.82, 2.24) is 20.0 Å². The number of nitrogens with two attached hydrogens (primary N) is 1. The van der Waals surface area contributed by atoms with Gasteiger partial charge in [-0.3, -0.25) is 9.48 Å². The first-order valence-electron chi connectivity index (χ1n) is 10.0. The van der Waals surface area contributed by atoms with Gasteiger partial charge in [-0.2, -0.15) is 10.2 Å². The van der Waals surface area contributed by atoms with Crippen molar-refractivity contribution in [2.75, 3.05) is 6.61 Å². The summed E-state index contributed by atoms with van der Waals surface area (Å²) in [5.41, 5.74) is 11.2. The molecule has 0 bridgehead atoms. The molecule has 0 atom stereocenters. The second-order valence-electron chi connectivity index (χ2n) is 7.50. The molecule has 0 unspecified atom stereocenters. The molecule has 3 heterocycles. The molecule has 154 valence electrons. The average molecular weight is 412 g/mol. The summed E-state index contributed by atoms with van der Waals surface area (Å²) in [4.78, 5) is 16.0. The molecule has 8 nitrogen and oxygen atoms in total. The highest BCUT2D eigenvalue weighted by atomic mass is 16.5. The van der Waals surface area contributed by atoms with E-state index in [0.29, 0.717) is 28.8 Å². The Bertz CT molecular complexity index is 1430. The van der Waals surface area contributed by atoms with Crippen LogP contribution in [0.5, 0.6) is 5.75 Å². The molecule has 8 heteroatoms. The molecule has 31 heavy (non-hydrogen) atoms. The lowest BCUT2D eigenvalue weighted by molar-refractivity contribution is 0.289. The predicted molar refractivity (Wildman–Crippen MR) is 118 cm³/mol. The van der Waals surface area contributed by atoms with E-state index in [9.17, 15) is 4.79 Å². The van der Waals surface area contributed by atoms with Gasteiger partial charge in [0, 0.05) is 35.7 Å². The van der Waals surface area contributed by atoms with Crippen LogP contribution in [0.25, 0.3) is 38.0 Å². The highest BCUT2D eigenvalue weighted by Gasteiger charge is 2.23. The van der Waals surface area contributed by atoms with Crippen molar-refractivity contribution in [3.05, 3.63) is 69.6 Å². The third-order valence-corrected chi connectivity index (χ3v) is 5.75. The van der Waals surface area contributed by atoms with Crippen LogP contribution >= 0.6 is 0 Å². The van der Waals surface area contributed by atoms with Gasteiger partial charge in [-0.15, -0.1) is 0 Å². The van der Waals surface area contributed by atoms with Gasteiger partial charge in [0.1, 0.15) is 5.75 Å². The minimum Gasteiger partial charge on any atom is -0.495 e. The zero-order valence-corrected chi connectivity index (χ0v) is 17.0. The molecule has 2 aromatic heterocycles. The SMILES string of the molecule is [C-]#[N+]c1c(-c2c(-c3ccc4c(=O)[nH]nc(CN)c4c3)cnn2C)ccc2c1CCCO2. The number of hydrogen-bond donors (Lipinski definition) is 2. The van der Waals surface area contributed by atoms with E-state index in [1.807, 2.05) is 31.3 Å². The number of fused-ring (bicyclic) bond motifs is 2. The van der Waals surface area contributed by atoms with Crippen molar-refractivity contribution in [2.24, 2.45) is 12.8 Å². The number of aromatic nitrogens is 4. The van der Waals surface area contributed by atoms with Crippen LogP contribution in [0.1, 0.15) is 17.7 Å². The zero-order chi connectivity index (χ0) is 21.5. The Morgan fingerprint density at radius 1 is 1.26 bits per heavy atom. The number of aryl methyl sites for hydroxylation is 1. The average Bonchev–Trinajstić information content (AvgIpc) is 3.19. The van der Waals surface area contributed by atoms with E-state index >= 15 is 0 Å². The van der Waals surface area contributed by atoms with Crippen molar-refractivity contribution in [1.29, 1.82) is 0 Å². The highest BCUT2D eigenvalue weighted by molar-refractivity contribution is 5.94. The Morgan fingerprint density at radius 2 is 2.13 bits per heavy atom. The van der Waals surface area contributed by atoms with E-state index in [0.717, 1.165) is 46.5 Å². The molecule has 1 aliphatic rings. The number of aromatic amines is 1. The van der Waals surface area contributed by atoms with E-state index in [1.165, 1.54) is 0 Å². The van der Waals surface area contributed by atoms with Crippen molar-refractivity contribution in [3.8, 4) is 28.1 Å². The van der Waals surface area contributed by atoms with Gasteiger partial charge >= 0.3 is 0 Å². The van der Waals surface area contributed by atoms with Crippen molar-refractivity contribution in [2.45, 2.75) is 19.4 Å². The number of rotatable bonds is 3. The van der Waals surface area contributed by atoms with Crippen molar-refractivity contribution in [3.63, 3.8) is 0 Å². The predicted octanol–water partition coefficient (Wildman–Crippen LogP) is 3.33. The van der Waals surface area contributed by atoms with E-state index in [2.05, 4.69) is 20.1 Å². The molecule has 1 aliphatic heterocycles. The van der Waals surface area contributed by atoms with E-state index in [4.69, 9.17) is 17.0 Å². The fourth-order valence-corrected chi connectivity index (χ4v) is 4.26. The number of ether oxygens (including phenoxy) is 1. The molecule has 4 aromatic rings. The fraction of sp³-hybridized carbons (Fsp3) is 0.217. The Hall–Kier alpha value is -3.96. The standard InChI is InChI=1S/C23H20N6O2/c1-25-21-15-4-3-9-31-20(15)8-7-16(21)22-18(12-26-29(22)2)13-5-6-14-17(10-13)19(11-24)27-28-23(14)30/h5-8,10,12H,3-4,9,11,24H2,2H3,(H,28,30). The topological polar surface area (TPSA) is 103 Å². The van der Waals surface area contributed by atoms with Gasteiger partial charge in [-0.25, -0.2) is 9.94 Å². The van der Waals surface area contributed by atoms with Gasteiger partial charge in [0.2, 0.25) is 5.69 Å². The summed E-state index contributed by atoms with van der Waals surface area (Å²) in [5.74, 6) is 0.785. The lowest BCUT2D eigenvalue weighted by Gasteiger charge is -2.20. The summed E-state index contributed by atoms with van der Waals surface area (Å²) >= 11 is 0. The van der Waals surface area contributed by atoms with Gasteiger partial charge in [0.25, 0.3) is 5.56 Å². The maximum absolute atomic E-state index is 12.2. The van der Waals surface area contributed by atoms with Crippen molar-refractivity contribution >= 4 is 16.5 Å². The first-order valence-corrected chi connectivity index (χ1v) is 10.0. The number of nitrogens with zero attached hydrogens (tertiary/aromatic N) is 4. The molecule has 0 spiro atoms. The van der Waals surface area contributed by atoms with Crippen LogP contribution in [0.3, 0.4) is 0 Å². The molecular weight excluding hydrogens is 392 g/mol. The molecule has 0 saturated heterocycles. The van der Waals surface area contributed by atoms with Gasteiger partial charge in [0.05, 0.1) is 36.1 Å². The molecule has 0 saturated carbocycles. The highest BCUT2D eigenvalue weighted by Crippen LogP contribution is 2.44. The number of H-pyrrole nitrogens is 1. The molecule has 0 fully saturated rings. The Labute approximate surface area is 178 Å². The van der Waals surface area contributed by atoms with Crippen LogP contribution in [-0.2, 0) is 20.0 Å². The third-order valence-electron chi connectivity index (χ3n) is 5.75. The minimum absolute atomic E-state index is 0.212. The van der Waals surface area contributed by atoms with E-state index in [-0.39, 0.29) is 12.1 Å². The van der Waals surface area contributed by atoms with Gasteiger partial charge in [-0.05, 0) is 36.6 Å². The van der Waals surface area contributed by atoms with Crippen LogP contribution in [0.15, 0.2) is 41.3 Å². The van der Waals surface area contributed by atoms with Crippen LogP contribution in [0, 0.1) is 6.57 Å². The maximum Gasteiger partial charge on any atom is 0.272 e. The maximum atomic E-state index is 12.2. The van der Waals surface area contributed by atoms with Crippen LogP contribution in [0.2, 0.25) is 0 Å². The van der Waals surface area contributed by atoms with Gasteiger partial charge < -0.3 is 10.5 Å². The Kier molecular flexibility index (Phi) is 4.53. The summed E-state index contributed by atoms with van der Waals surface area (Å²) in [6.07, 6.45) is 3.49. The summed E-state index contributed by atoms with van der Waals surface area (Å²) in [6, 6.07) is 9.44. The minimum atomic E-state index is -0.255. The molecule has 0 aliphatic carbocycles. The summed E-state index contributed by atoms with van der Waals surface area (Å²) in [7, 11) is 1.86. The first kappa shape index (κ1) is 19.0. The molecule has 2 aromatic carbocycles. The molecule has 0 amide bonds. The lowest BCUT2D eigenvalue weighted by Crippen LogP contribution is -2.13.